The van der Waals surface area contributed by atoms with Crippen LogP contribution in [0.15, 0.2) is 60.7 Å². The molecule has 0 radical (unpaired) electrons. The Morgan fingerprint density at radius 2 is 1.70 bits per heavy atom. The number of piperazine rings is 1. The smallest absolute Gasteiger partial charge is 0.274 e. The number of carbonyl (C=O) groups excluding carboxylic acids is 1. The van der Waals surface area contributed by atoms with Gasteiger partial charge in [0.25, 0.3) is 5.91 Å². The maximum absolute atomic E-state index is 12.5. The lowest BCUT2D eigenvalue weighted by atomic mass is 10.2. The molecule has 0 bridgehead atoms. The molecule has 5 nitrogen and oxygen atoms in total. The molecule has 1 aliphatic rings. The van der Waals surface area contributed by atoms with Crippen LogP contribution in [0.2, 0.25) is 0 Å². The summed E-state index contributed by atoms with van der Waals surface area (Å²) in [6.07, 6.45) is 0. The van der Waals surface area contributed by atoms with Gasteiger partial charge in [-0.1, -0.05) is 31.2 Å². The first kappa shape index (κ1) is 17.5. The lowest BCUT2D eigenvalue weighted by molar-refractivity contribution is 0.102. The van der Waals surface area contributed by atoms with Crippen molar-refractivity contribution < 1.29 is 4.79 Å². The molecular formula is C22H24N4O. The second-order valence-electron chi connectivity index (χ2n) is 6.81. The van der Waals surface area contributed by atoms with E-state index >= 15 is 0 Å². The molecule has 1 fully saturated rings. The van der Waals surface area contributed by atoms with E-state index in [1.54, 1.807) is 6.07 Å². The zero-order valence-corrected chi connectivity index (χ0v) is 15.6. The summed E-state index contributed by atoms with van der Waals surface area (Å²) in [4.78, 5) is 21.8. The predicted molar refractivity (Wildman–Crippen MR) is 110 cm³/mol. The van der Waals surface area contributed by atoms with E-state index < -0.39 is 0 Å². The molecule has 3 aromatic rings. The average Bonchev–Trinajstić information content (AvgIpc) is 2.74. The normalized spacial score (nSPS) is 15.1. The number of likely N-dealkylation sites (N-methyl/N-ethyl adjacent to an activating group) is 1. The van der Waals surface area contributed by atoms with E-state index in [1.807, 2.05) is 42.5 Å². The molecule has 1 N–H and O–H groups in total. The van der Waals surface area contributed by atoms with Crippen molar-refractivity contribution in [2.24, 2.45) is 0 Å². The standard InChI is InChI=1S/C22H24N4O/c1-2-25-13-15-26(16-14-25)19-10-8-18(9-11-19)23-22(27)21-12-7-17-5-3-4-6-20(17)24-21/h3-12H,2,13-16H2,1H3,(H,23,27). The van der Waals surface area contributed by atoms with Crippen LogP contribution in [0.4, 0.5) is 11.4 Å². The number of benzene rings is 2. The van der Waals surface area contributed by atoms with E-state index in [2.05, 4.69) is 39.2 Å². The fourth-order valence-electron chi connectivity index (χ4n) is 3.47. The Bertz CT molecular complexity index is 930. The summed E-state index contributed by atoms with van der Waals surface area (Å²) < 4.78 is 0. The number of pyridine rings is 1. The molecule has 1 aromatic heterocycles. The zero-order valence-electron chi connectivity index (χ0n) is 15.6. The van der Waals surface area contributed by atoms with E-state index in [4.69, 9.17) is 0 Å². The minimum absolute atomic E-state index is 0.190. The Balaban J connectivity index is 1.42. The molecule has 0 unspecified atom stereocenters. The van der Waals surface area contributed by atoms with Crippen molar-refractivity contribution in [3.63, 3.8) is 0 Å². The quantitative estimate of drug-likeness (QED) is 0.772. The summed E-state index contributed by atoms with van der Waals surface area (Å²) in [7, 11) is 0. The van der Waals surface area contributed by atoms with Gasteiger partial charge in [0, 0.05) is 42.9 Å². The summed E-state index contributed by atoms with van der Waals surface area (Å²) >= 11 is 0. The average molecular weight is 360 g/mol. The minimum Gasteiger partial charge on any atom is -0.369 e. The number of fused-ring (bicyclic) bond motifs is 1. The summed E-state index contributed by atoms with van der Waals surface area (Å²) in [5.41, 5.74) is 3.23. The monoisotopic (exact) mass is 360 g/mol. The number of carbonyl (C=O) groups is 1. The number of nitrogens with zero attached hydrogens (tertiary/aromatic N) is 3. The van der Waals surface area contributed by atoms with Crippen molar-refractivity contribution in [3.8, 4) is 0 Å². The highest BCUT2D eigenvalue weighted by atomic mass is 16.1. The number of hydrogen-bond donors (Lipinski definition) is 1. The Kier molecular flexibility index (Phi) is 5.03. The van der Waals surface area contributed by atoms with Gasteiger partial charge in [-0.05, 0) is 42.9 Å². The van der Waals surface area contributed by atoms with Gasteiger partial charge in [-0.3, -0.25) is 4.79 Å². The highest BCUT2D eigenvalue weighted by Gasteiger charge is 2.16. The maximum atomic E-state index is 12.5. The van der Waals surface area contributed by atoms with Gasteiger partial charge in [-0.25, -0.2) is 4.98 Å². The van der Waals surface area contributed by atoms with Crippen molar-refractivity contribution >= 4 is 28.2 Å². The van der Waals surface area contributed by atoms with Crippen LogP contribution in [0.3, 0.4) is 0 Å². The highest BCUT2D eigenvalue weighted by Crippen LogP contribution is 2.20. The van der Waals surface area contributed by atoms with Crippen LogP contribution in [0.25, 0.3) is 10.9 Å². The summed E-state index contributed by atoms with van der Waals surface area (Å²) in [6, 6.07) is 19.6. The second kappa shape index (κ2) is 7.76. The minimum atomic E-state index is -0.190. The summed E-state index contributed by atoms with van der Waals surface area (Å²) in [6.45, 7) is 7.60. The fourth-order valence-corrected chi connectivity index (χ4v) is 3.47. The number of amides is 1. The zero-order chi connectivity index (χ0) is 18.6. The Morgan fingerprint density at radius 3 is 2.44 bits per heavy atom. The highest BCUT2D eigenvalue weighted by molar-refractivity contribution is 6.04. The molecule has 0 saturated carbocycles. The number of nitrogens with one attached hydrogen (secondary N) is 1. The van der Waals surface area contributed by atoms with Gasteiger partial charge in [0.05, 0.1) is 5.52 Å². The van der Waals surface area contributed by atoms with Crippen LogP contribution < -0.4 is 10.2 Å². The van der Waals surface area contributed by atoms with Crippen molar-refractivity contribution in [3.05, 3.63) is 66.4 Å². The number of anilines is 2. The lowest BCUT2D eigenvalue weighted by Crippen LogP contribution is -2.46. The van der Waals surface area contributed by atoms with Crippen molar-refractivity contribution in [2.75, 3.05) is 42.9 Å². The van der Waals surface area contributed by atoms with Crippen LogP contribution in [0.1, 0.15) is 17.4 Å². The number of aromatic nitrogens is 1. The molecule has 2 heterocycles. The molecule has 1 amide bonds. The Morgan fingerprint density at radius 1 is 0.963 bits per heavy atom. The number of hydrogen-bond acceptors (Lipinski definition) is 4. The van der Waals surface area contributed by atoms with Gasteiger partial charge in [0.2, 0.25) is 0 Å². The van der Waals surface area contributed by atoms with Crippen LogP contribution in [-0.4, -0.2) is 48.5 Å². The third-order valence-electron chi connectivity index (χ3n) is 5.14. The van der Waals surface area contributed by atoms with Gasteiger partial charge < -0.3 is 15.1 Å². The second-order valence-corrected chi connectivity index (χ2v) is 6.81. The van der Waals surface area contributed by atoms with Crippen molar-refractivity contribution in [1.29, 1.82) is 0 Å². The molecule has 0 atom stereocenters. The van der Waals surface area contributed by atoms with Crippen LogP contribution >= 0.6 is 0 Å². The predicted octanol–water partition coefficient (Wildman–Crippen LogP) is 3.63. The van der Waals surface area contributed by atoms with Gasteiger partial charge in [0.15, 0.2) is 0 Å². The molecule has 138 valence electrons. The Hall–Kier alpha value is -2.92. The molecule has 1 aliphatic heterocycles. The molecule has 0 spiro atoms. The molecular weight excluding hydrogens is 336 g/mol. The first-order chi connectivity index (χ1) is 13.2. The molecule has 27 heavy (non-hydrogen) atoms. The Labute approximate surface area is 159 Å². The van der Waals surface area contributed by atoms with Gasteiger partial charge in [0.1, 0.15) is 5.69 Å². The third kappa shape index (κ3) is 3.93. The molecule has 5 heteroatoms. The molecule has 2 aromatic carbocycles. The lowest BCUT2D eigenvalue weighted by Gasteiger charge is -2.35. The van der Waals surface area contributed by atoms with Gasteiger partial charge in [-0.2, -0.15) is 0 Å². The van der Waals surface area contributed by atoms with E-state index in [0.717, 1.165) is 49.3 Å². The summed E-state index contributed by atoms with van der Waals surface area (Å²) in [5.74, 6) is -0.190. The topological polar surface area (TPSA) is 48.5 Å². The molecule has 0 aliphatic carbocycles. The summed E-state index contributed by atoms with van der Waals surface area (Å²) in [5, 5.41) is 3.97. The van der Waals surface area contributed by atoms with Crippen molar-refractivity contribution in [2.45, 2.75) is 6.92 Å². The maximum Gasteiger partial charge on any atom is 0.274 e. The van der Waals surface area contributed by atoms with E-state index in [0.29, 0.717) is 5.69 Å². The van der Waals surface area contributed by atoms with Crippen LogP contribution in [0.5, 0.6) is 0 Å². The largest absolute Gasteiger partial charge is 0.369 e. The third-order valence-corrected chi connectivity index (χ3v) is 5.14. The van der Waals surface area contributed by atoms with E-state index in [1.165, 1.54) is 5.69 Å². The molecule has 1 saturated heterocycles. The van der Waals surface area contributed by atoms with Gasteiger partial charge in [-0.15, -0.1) is 0 Å². The van der Waals surface area contributed by atoms with E-state index in [-0.39, 0.29) is 5.91 Å². The van der Waals surface area contributed by atoms with Crippen molar-refractivity contribution in [1.82, 2.24) is 9.88 Å². The number of para-hydroxylation sites is 1. The SMILES string of the molecule is CCN1CCN(c2ccc(NC(=O)c3ccc4ccccc4n3)cc2)CC1. The molecule has 4 rings (SSSR count). The van der Waals surface area contributed by atoms with Gasteiger partial charge >= 0.3 is 0 Å². The van der Waals surface area contributed by atoms with Crippen LogP contribution in [0, 0.1) is 0 Å². The van der Waals surface area contributed by atoms with E-state index in [9.17, 15) is 4.79 Å². The van der Waals surface area contributed by atoms with Crippen LogP contribution in [-0.2, 0) is 0 Å². The first-order valence-corrected chi connectivity index (χ1v) is 9.47. The number of rotatable bonds is 4. The fraction of sp³-hybridized carbons (Fsp3) is 0.273. The first-order valence-electron chi connectivity index (χ1n) is 9.47.